The van der Waals surface area contributed by atoms with Crippen LogP contribution in [0.25, 0.3) is 0 Å². The standard InChI is InChI=1S/C11H17NO2S/c1-2-15(13,14)9-8-12-10-11-6-4-3-5-7-11/h3-7,12H,2,8-10H2,1H3. The van der Waals surface area contributed by atoms with Gasteiger partial charge in [0, 0.05) is 18.8 Å². The van der Waals surface area contributed by atoms with Crippen molar-refractivity contribution in [2.24, 2.45) is 0 Å². The molecule has 0 amide bonds. The van der Waals surface area contributed by atoms with E-state index in [2.05, 4.69) is 5.32 Å². The van der Waals surface area contributed by atoms with Gasteiger partial charge < -0.3 is 5.32 Å². The van der Waals surface area contributed by atoms with Crippen LogP contribution in [0, 0.1) is 0 Å². The number of benzene rings is 1. The maximum atomic E-state index is 11.2. The van der Waals surface area contributed by atoms with Crippen LogP contribution in [0.2, 0.25) is 0 Å². The molecular formula is C11H17NO2S. The minimum absolute atomic E-state index is 0.219. The van der Waals surface area contributed by atoms with Gasteiger partial charge in [0.25, 0.3) is 0 Å². The Morgan fingerprint density at radius 3 is 2.47 bits per heavy atom. The van der Waals surface area contributed by atoms with Crippen LogP contribution >= 0.6 is 0 Å². The van der Waals surface area contributed by atoms with E-state index in [1.807, 2.05) is 30.3 Å². The Kier molecular flexibility index (Phi) is 4.78. The van der Waals surface area contributed by atoms with E-state index >= 15 is 0 Å². The Bertz CT molecular complexity index is 373. The quantitative estimate of drug-likeness (QED) is 0.743. The maximum absolute atomic E-state index is 11.2. The van der Waals surface area contributed by atoms with Crippen LogP contribution in [0.5, 0.6) is 0 Å². The predicted octanol–water partition coefficient (Wildman–Crippen LogP) is 1.21. The highest BCUT2D eigenvalue weighted by Gasteiger charge is 2.05. The molecule has 0 unspecified atom stereocenters. The Morgan fingerprint density at radius 2 is 1.87 bits per heavy atom. The first-order valence-corrected chi connectivity index (χ1v) is 6.91. The molecule has 0 bridgehead atoms. The molecular weight excluding hydrogens is 210 g/mol. The van der Waals surface area contributed by atoms with Gasteiger partial charge in [-0.25, -0.2) is 8.42 Å². The molecule has 0 atom stereocenters. The lowest BCUT2D eigenvalue weighted by Gasteiger charge is -2.04. The molecule has 0 fully saturated rings. The first-order valence-electron chi connectivity index (χ1n) is 5.09. The van der Waals surface area contributed by atoms with E-state index < -0.39 is 9.84 Å². The molecule has 4 heteroatoms. The minimum Gasteiger partial charge on any atom is -0.312 e. The third-order valence-corrected chi connectivity index (χ3v) is 3.91. The lowest BCUT2D eigenvalue weighted by Crippen LogP contribution is -2.23. The van der Waals surface area contributed by atoms with Gasteiger partial charge in [-0.05, 0) is 5.56 Å². The molecule has 0 aliphatic carbocycles. The van der Waals surface area contributed by atoms with Gasteiger partial charge in [-0.2, -0.15) is 0 Å². The number of hydrogen-bond acceptors (Lipinski definition) is 3. The van der Waals surface area contributed by atoms with E-state index in [1.165, 1.54) is 5.56 Å². The third-order valence-electron chi connectivity index (χ3n) is 2.20. The monoisotopic (exact) mass is 227 g/mol. The second-order valence-electron chi connectivity index (χ2n) is 3.40. The van der Waals surface area contributed by atoms with E-state index in [0.29, 0.717) is 6.54 Å². The molecule has 0 heterocycles. The zero-order valence-corrected chi connectivity index (χ0v) is 9.76. The van der Waals surface area contributed by atoms with Crippen LogP contribution in [0.1, 0.15) is 12.5 Å². The summed E-state index contributed by atoms with van der Waals surface area (Å²) in [5, 5.41) is 3.11. The summed E-state index contributed by atoms with van der Waals surface area (Å²) in [4.78, 5) is 0. The van der Waals surface area contributed by atoms with Gasteiger partial charge >= 0.3 is 0 Å². The van der Waals surface area contributed by atoms with Gasteiger partial charge in [0.2, 0.25) is 0 Å². The van der Waals surface area contributed by atoms with Crippen LogP contribution < -0.4 is 5.32 Å². The van der Waals surface area contributed by atoms with Gasteiger partial charge in [-0.15, -0.1) is 0 Å². The smallest absolute Gasteiger partial charge is 0.151 e. The SMILES string of the molecule is CCS(=O)(=O)CCNCc1ccccc1. The highest BCUT2D eigenvalue weighted by Crippen LogP contribution is 1.97. The van der Waals surface area contributed by atoms with Crippen molar-refractivity contribution in [3.63, 3.8) is 0 Å². The summed E-state index contributed by atoms with van der Waals surface area (Å²) >= 11 is 0. The van der Waals surface area contributed by atoms with Gasteiger partial charge in [-0.3, -0.25) is 0 Å². The van der Waals surface area contributed by atoms with E-state index in [0.717, 1.165) is 6.54 Å². The number of hydrogen-bond donors (Lipinski definition) is 1. The fraction of sp³-hybridized carbons (Fsp3) is 0.455. The van der Waals surface area contributed by atoms with Crippen molar-refractivity contribution in [3.8, 4) is 0 Å². The van der Waals surface area contributed by atoms with Crippen molar-refractivity contribution in [2.75, 3.05) is 18.1 Å². The molecule has 1 aromatic carbocycles. The van der Waals surface area contributed by atoms with Crippen molar-refractivity contribution in [1.29, 1.82) is 0 Å². The molecule has 0 aromatic heterocycles. The third kappa shape index (κ3) is 4.95. The molecule has 0 aliphatic rings. The van der Waals surface area contributed by atoms with Crippen molar-refractivity contribution in [2.45, 2.75) is 13.5 Å². The second-order valence-corrected chi connectivity index (χ2v) is 5.87. The zero-order chi connectivity index (χ0) is 11.1. The summed E-state index contributed by atoms with van der Waals surface area (Å²) in [5.74, 6) is 0.441. The van der Waals surface area contributed by atoms with Gasteiger partial charge in [-0.1, -0.05) is 37.3 Å². The molecule has 1 N–H and O–H groups in total. The van der Waals surface area contributed by atoms with Crippen molar-refractivity contribution >= 4 is 9.84 Å². The molecule has 84 valence electrons. The molecule has 0 spiro atoms. The number of rotatable bonds is 6. The Morgan fingerprint density at radius 1 is 1.20 bits per heavy atom. The number of sulfone groups is 1. The Hall–Kier alpha value is -0.870. The molecule has 0 saturated carbocycles. The van der Waals surface area contributed by atoms with Crippen LogP contribution in [0.4, 0.5) is 0 Å². The molecule has 1 aromatic rings. The van der Waals surface area contributed by atoms with Crippen LogP contribution in [0.3, 0.4) is 0 Å². The van der Waals surface area contributed by atoms with Gasteiger partial charge in [0.1, 0.15) is 0 Å². The number of nitrogens with one attached hydrogen (secondary N) is 1. The first-order chi connectivity index (χ1) is 7.14. The summed E-state index contributed by atoms with van der Waals surface area (Å²) in [6, 6.07) is 9.94. The van der Waals surface area contributed by atoms with Crippen molar-refractivity contribution in [3.05, 3.63) is 35.9 Å². The highest BCUT2D eigenvalue weighted by atomic mass is 32.2. The Balaban J connectivity index is 2.24. The minimum atomic E-state index is -2.84. The predicted molar refractivity (Wildman–Crippen MR) is 62.5 cm³/mol. The van der Waals surface area contributed by atoms with E-state index in [1.54, 1.807) is 6.92 Å². The molecule has 1 rings (SSSR count). The van der Waals surface area contributed by atoms with Gasteiger partial charge in [0.05, 0.1) is 5.75 Å². The van der Waals surface area contributed by atoms with Crippen LogP contribution in [0.15, 0.2) is 30.3 Å². The van der Waals surface area contributed by atoms with Gasteiger partial charge in [0.15, 0.2) is 9.84 Å². The summed E-state index contributed by atoms with van der Waals surface area (Å²) in [6.07, 6.45) is 0. The summed E-state index contributed by atoms with van der Waals surface area (Å²) in [6.45, 7) is 2.91. The largest absolute Gasteiger partial charge is 0.312 e. The lowest BCUT2D eigenvalue weighted by atomic mass is 10.2. The van der Waals surface area contributed by atoms with E-state index in [9.17, 15) is 8.42 Å². The molecule has 3 nitrogen and oxygen atoms in total. The highest BCUT2D eigenvalue weighted by molar-refractivity contribution is 7.91. The normalized spacial score (nSPS) is 11.5. The van der Waals surface area contributed by atoms with Crippen molar-refractivity contribution in [1.82, 2.24) is 5.32 Å². The van der Waals surface area contributed by atoms with Crippen LogP contribution in [-0.4, -0.2) is 26.5 Å². The van der Waals surface area contributed by atoms with E-state index in [-0.39, 0.29) is 11.5 Å². The van der Waals surface area contributed by atoms with Crippen molar-refractivity contribution < 1.29 is 8.42 Å². The second kappa shape index (κ2) is 5.88. The van der Waals surface area contributed by atoms with E-state index in [4.69, 9.17) is 0 Å². The summed E-state index contributed by atoms with van der Waals surface area (Å²) < 4.78 is 22.3. The zero-order valence-electron chi connectivity index (χ0n) is 8.94. The average molecular weight is 227 g/mol. The first kappa shape index (κ1) is 12.2. The van der Waals surface area contributed by atoms with Crippen LogP contribution in [-0.2, 0) is 16.4 Å². The molecule has 0 radical (unpaired) electrons. The summed E-state index contributed by atoms with van der Waals surface area (Å²) in [5.41, 5.74) is 1.17. The average Bonchev–Trinajstić information content (AvgIpc) is 2.26. The summed E-state index contributed by atoms with van der Waals surface area (Å²) in [7, 11) is -2.84. The fourth-order valence-electron chi connectivity index (χ4n) is 1.20. The maximum Gasteiger partial charge on any atom is 0.151 e. The molecule has 0 saturated heterocycles. The lowest BCUT2D eigenvalue weighted by molar-refractivity contribution is 0.592. The molecule has 15 heavy (non-hydrogen) atoms. The Labute approximate surface area is 91.4 Å². The topological polar surface area (TPSA) is 46.2 Å². The fourth-order valence-corrected chi connectivity index (χ4v) is 1.94. The molecule has 0 aliphatic heterocycles.